The number of aromatic hydroxyl groups is 1. The summed E-state index contributed by atoms with van der Waals surface area (Å²) in [5.74, 6) is 0.137. The maximum atomic E-state index is 12.0. The van der Waals surface area contributed by atoms with Crippen molar-refractivity contribution in [1.29, 1.82) is 0 Å². The lowest BCUT2D eigenvalue weighted by Crippen LogP contribution is -2.41. The van der Waals surface area contributed by atoms with Gasteiger partial charge in [0, 0.05) is 11.6 Å². The lowest BCUT2D eigenvalue weighted by molar-refractivity contribution is -0.122. The lowest BCUT2D eigenvalue weighted by Gasteiger charge is -2.23. The molecule has 5 heteroatoms. The Labute approximate surface area is 116 Å². The third-order valence-corrected chi connectivity index (χ3v) is 3.82. The van der Waals surface area contributed by atoms with E-state index in [1.807, 2.05) is 19.2 Å². The van der Waals surface area contributed by atoms with Crippen LogP contribution >= 0.6 is 11.3 Å². The molecule has 0 unspecified atom stereocenters. The Morgan fingerprint density at radius 3 is 2.63 bits per heavy atom. The predicted molar refractivity (Wildman–Crippen MR) is 75.1 cm³/mol. The van der Waals surface area contributed by atoms with Crippen molar-refractivity contribution in [3.05, 3.63) is 46.4 Å². The first kappa shape index (κ1) is 13.5. The van der Waals surface area contributed by atoms with Crippen LogP contribution in [0.5, 0.6) is 5.75 Å². The van der Waals surface area contributed by atoms with Crippen LogP contribution in [0.25, 0.3) is 0 Å². The van der Waals surface area contributed by atoms with E-state index < -0.39 is 5.54 Å². The van der Waals surface area contributed by atoms with Gasteiger partial charge in [-0.1, -0.05) is 12.1 Å². The quantitative estimate of drug-likeness (QED) is 0.901. The van der Waals surface area contributed by atoms with Crippen LogP contribution in [0.3, 0.4) is 0 Å². The molecule has 2 rings (SSSR count). The molecule has 0 atom stereocenters. The molecule has 0 radical (unpaired) electrons. The molecule has 1 heterocycles. The van der Waals surface area contributed by atoms with E-state index in [9.17, 15) is 9.90 Å². The fourth-order valence-corrected chi connectivity index (χ4v) is 2.50. The van der Waals surface area contributed by atoms with Crippen molar-refractivity contribution in [2.75, 3.05) is 0 Å². The molecule has 0 aliphatic rings. The number of carbonyl (C=O) groups excluding carboxylic acids is 1. The van der Waals surface area contributed by atoms with E-state index in [0.29, 0.717) is 0 Å². The molecule has 0 fully saturated rings. The van der Waals surface area contributed by atoms with Gasteiger partial charge in [-0.05, 0) is 31.5 Å². The molecule has 19 heavy (non-hydrogen) atoms. The maximum Gasteiger partial charge on any atom is 0.225 e. The number of thiazole rings is 1. The molecule has 0 aliphatic heterocycles. The van der Waals surface area contributed by atoms with E-state index in [1.165, 1.54) is 11.3 Å². The third-order valence-electron chi connectivity index (χ3n) is 2.72. The molecular formula is C14H16N2O2S. The minimum atomic E-state index is -0.470. The number of nitrogens with zero attached hydrogens (tertiary/aromatic N) is 1. The fraction of sp³-hybridized carbons (Fsp3) is 0.286. The molecule has 100 valence electrons. The molecule has 0 bridgehead atoms. The first-order valence-corrected chi connectivity index (χ1v) is 6.84. The summed E-state index contributed by atoms with van der Waals surface area (Å²) >= 11 is 1.52. The topological polar surface area (TPSA) is 62.2 Å². The van der Waals surface area contributed by atoms with Crippen LogP contribution in [0.4, 0.5) is 0 Å². The summed E-state index contributed by atoms with van der Waals surface area (Å²) in [6, 6.07) is 6.64. The zero-order chi connectivity index (χ0) is 13.9. The molecule has 1 amide bonds. The zero-order valence-corrected chi connectivity index (χ0v) is 11.7. The van der Waals surface area contributed by atoms with Crippen molar-refractivity contribution in [3.63, 3.8) is 0 Å². The average Bonchev–Trinajstić information content (AvgIpc) is 2.85. The third kappa shape index (κ3) is 3.54. The second-order valence-corrected chi connectivity index (χ2v) is 5.75. The Bertz CT molecular complexity index is 547. The fourth-order valence-electron chi connectivity index (χ4n) is 1.78. The first-order valence-electron chi connectivity index (χ1n) is 5.96. The van der Waals surface area contributed by atoms with Crippen molar-refractivity contribution >= 4 is 17.2 Å². The molecule has 0 saturated carbocycles. The van der Waals surface area contributed by atoms with Crippen molar-refractivity contribution in [2.24, 2.45) is 0 Å². The van der Waals surface area contributed by atoms with Gasteiger partial charge in [0.1, 0.15) is 10.8 Å². The number of rotatable bonds is 4. The number of phenols is 1. The summed E-state index contributed by atoms with van der Waals surface area (Å²) in [4.78, 5) is 16.2. The molecule has 2 N–H and O–H groups in total. The minimum absolute atomic E-state index is 0.0640. The van der Waals surface area contributed by atoms with E-state index in [4.69, 9.17) is 0 Å². The standard InChI is InChI=1S/C14H16N2O2S/c1-14(2,13-15-7-8-19-13)16-12(18)9-10-3-5-11(17)6-4-10/h3-8,17H,9H2,1-2H3,(H,16,18). The average molecular weight is 276 g/mol. The number of carbonyl (C=O) groups is 1. The summed E-state index contributed by atoms with van der Waals surface area (Å²) in [6.45, 7) is 3.86. The summed E-state index contributed by atoms with van der Waals surface area (Å²) in [7, 11) is 0. The van der Waals surface area contributed by atoms with Gasteiger partial charge in [-0.2, -0.15) is 0 Å². The van der Waals surface area contributed by atoms with Gasteiger partial charge in [-0.15, -0.1) is 11.3 Å². The Kier molecular flexibility index (Phi) is 3.85. The highest BCUT2D eigenvalue weighted by Crippen LogP contribution is 2.22. The maximum absolute atomic E-state index is 12.0. The van der Waals surface area contributed by atoms with Crippen molar-refractivity contribution in [1.82, 2.24) is 10.3 Å². The van der Waals surface area contributed by atoms with E-state index >= 15 is 0 Å². The highest BCUT2D eigenvalue weighted by atomic mass is 32.1. The van der Waals surface area contributed by atoms with Gasteiger partial charge in [0.05, 0.1) is 12.0 Å². The first-order chi connectivity index (χ1) is 8.97. The largest absolute Gasteiger partial charge is 0.508 e. The van der Waals surface area contributed by atoms with Crippen molar-refractivity contribution in [3.8, 4) is 5.75 Å². The van der Waals surface area contributed by atoms with Crippen LogP contribution in [0, 0.1) is 0 Å². The normalized spacial score (nSPS) is 11.3. The van der Waals surface area contributed by atoms with Crippen LogP contribution in [0.2, 0.25) is 0 Å². The van der Waals surface area contributed by atoms with E-state index in [-0.39, 0.29) is 18.1 Å². The summed E-state index contributed by atoms with van der Waals surface area (Å²) in [5, 5.41) is 14.9. The van der Waals surface area contributed by atoms with Gasteiger partial charge in [-0.3, -0.25) is 4.79 Å². The Morgan fingerprint density at radius 2 is 2.05 bits per heavy atom. The minimum Gasteiger partial charge on any atom is -0.508 e. The van der Waals surface area contributed by atoms with Crippen LogP contribution in [0.1, 0.15) is 24.4 Å². The van der Waals surface area contributed by atoms with Gasteiger partial charge >= 0.3 is 0 Å². The highest BCUT2D eigenvalue weighted by molar-refractivity contribution is 7.09. The Morgan fingerprint density at radius 1 is 1.37 bits per heavy atom. The number of hydrogen-bond donors (Lipinski definition) is 2. The SMILES string of the molecule is CC(C)(NC(=O)Cc1ccc(O)cc1)c1nccs1. The zero-order valence-electron chi connectivity index (χ0n) is 10.9. The van der Waals surface area contributed by atoms with Crippen LogP contribution in [-0.4, -0.2) is 16.0 Å². The van der Waals surface area contributed by atoms with Gasteiger partial charge in [0.15, 0.2) is 0 Å². The summed E-state index contributed by atoms with van der Waals surface area (Å²) in [5.41, 5.74) is 0.396. The van der Waals surface area contributed by atoms with E-state index in [1.54, 1.807) is 30.5 Å². The van der Waals surface area contributed by atoms with Crippen LogP contribution in [-0.2, 0) is 16.8 Å². The summed E-state index contributed by atoms with van der Waals surface area (Å²) in [6.07, 6.45) is 2.02. The predicted octanol–water partition coefficient (Wildman–Crippen LogP) is 2.44. The number of phenolic OH excluding ortho intramolecular Hbond substituents is 1. The lowest BCUT2D eigenvalue weighted by atomic mass is 10.1. The molecule has 0 spiro atoms. The molecule has 0 saturated heterocycles. The number of nitrogens with one attached hydrogen (secondary N) is 1. The molecule has 1 aromatic heterocycles. The van der Waals surface area contributed by atoms with Crippen molar-refractivity contribution in [2.45, 2.75) is 25.8 Å². The van der Waals surface area contributed by atoms with Crippen LogP contribution < -0.4 is 5.32 Å². The van der Waals surface area contributed by atoms with Gasteiger partial charge in [0.25, 0.3) is 0 Å². The molecule has 1 aromatic carbocycles. The second kappa shape index (κ2) is 5.40. The van der Waals surface area contributed by atoms with Crippen LogP contribution in [0.15, 0.2) is 35.8 Å². The number of amides is 1. The number of aromatic nitrogens is 1. The summed E-state index contributed by atoms with van der Waals surface area (Å²) < 4.78 is 0. The molecule has 0 aliphatic carbocycles. The second-order valence-electron chi connectivity index (χ2n) is 4.85. The smallest absolute Gasteiger partial charge is 0.225 e. The van der Waals surface area contributed by atoms with Gasteiger partial charge in [0.2, 0.25) is 5.91 Å². The Hall–Kier alpha value is -1.88. The number of benzene rings is 1. The van der Waals surface area contributed by atoms with Crippen molar-refractivity contribution < 1.29 is 9.90 Å². The Balaban J connectivity index is 2.00. The number of hydrogen-bond acceptors (Lipinski definition) is 4. The molecule has 4 nitrogen and oxygen atoms in total. The van der Waals surface area contributed by atoms with E-state index in [2.05, 4.69) is 10.3 Å². The van der Waals surface area contributed by atoms with Gasteiger partial charge in [-0.25, -0.2) is 4.98 Å². The monoisotopic (exact) mass is 276 g/mol. The van der Waals surface area contributed by atoms with E-state index in [0.717, 1.165) is 10.6 Å². The highest BCUT2D eigenvalue weighted by Gasteiger charge is 2.25. The van der Waals surface area contributed by atoms with Gasteiger partial charge < -0.3 is 10.4 Å². The molecule has 2 aromatic rings. The molecular weight excluding hydrogens is 260 g/mol.